The molecule has 0 atom stereocenters. The lowest BCUT2D eigenvalue weighted by atomic mass is 10.2. The van der Waals surface area contributed by atoms with E-state index in [1.807, 2.05) is 11.4 Å². The maximum Gasteiger partial charge on any atom is 0.265 e. The number of halogens is 2. The number of hydrogen-bond acceptors (Lipinski definition) is 6. The molecule has 0 fully saturated rings. The highest BCUT2D eigenvalue weighted by atomic mass is 79.9. The van der Waals surface area contributed by atoms with Crippen molar-refractivity contribution in [2.75, 3.05) is 24.9 Å². The molecule has 0 spiro atoms. The van der Waals surface area contributed by atoms with Crippen LogP contribution >= 0.6 is 55.4 Å². The number of nitrogens with one attached hydrogen (secondary N) is 3. The second-order valence-corrected chi connectivity index (χ2v) is 9.35. The van der Waals surface area contributed by atoms with E-state index in [9.17, 15) is 9.59 Å². The summed E-state index contributed by atoms with van der Waals surface area (Å²) in [7, 11) is 2.98. The molecule has 7 nitrogen and oxygen atoms in total. The van der Waals surface area contributed by atoms with E-state index in [-0.39, 0.29) is 11.0 Å². The lowest BCUT2D eigenvalue weighted by Crippen LogP contribution is -2.34. The number of methoxy groups -OCH3 is 2. The summed E-state index contributed by atoms with van der Waals surface area (Å²) < 4.78 is 12.0. The van der Waals surface area contributed by atoms with E-state index in [2.05, 4.69) is 47.8 Å². The average molecular weight is 599 g/mol. The quantitative estimate of drug-likeness (QED) is 0.317. The van der Waals surface area contributed by atoms with E-state index >= 15 is 0 Å². The van der Waals surface area contributed by atoms with Gasteiger partial charge in [-0.2, -0.15) is 0 Å². The highest BCUT2D eigenvalue weighted by Gasteiger charge is 2.18. The molecule has 2 amide bonds. The minimum Gasteiger partial charge on any atom is -0.495 e. The molecule has 0 bridgehead atoms. The normalized spacial score (nSPS) is 10.2. The number of amides is 2. The van der Waals surface area contributed by atoms with Gasteiger partial charge in [-0.3, -0.25) is 14.9 Å². The summed E-state index contributed by atoms with van der Waals surface area (Å²) in [6.07, 6.45) is 0. The summed E-state index contributed by atoms with van der Waals surface area (Å²) in [6.45, 7) is 0. The highest BCUT2D eigenvalue weighted by Crippen LogP contribution is 2.33. The number of thiocarbonyl (C=S) groups is 1. The molecular weight excluding hydrogens is 582 g/mol. The Hall–Kier alpha value is -2.47. The molecule has 32 heavy (non-hydrogen) atoms. The number of carbonyl (C=O) groups is 2. The van der Waals surface area contributed by atoms with Gasteiger partial charge in [0.15, 0.2) is 5.11 Å². The number of carbonyl (C=O) groups excluding carboxylic acids is 2. The lowest BCUT2D eigenvalue weighted by Gasteiger charge is -2.15. The van der Waals surface area contributed by atoms with Crippen LogP contribution < -0.4 is 25.4 Å². The maximum atomic E-state index is 12.7. The fourth-order valence-electron chi connectivity index (χ4n) is 2.73. The number of anilines is 2. The van der Waals surface area contributed by atoms with Crippen molar-refractivity contribution >= 4 is 83.7 Å². The number of ether oxygens (including phenoxy) is 2. The molecule has 0 radical (unpaired) electrons. The fraction of sp³-hybridized carbons (Fsp3) is 0.0952. The van der Waals surface area contributed by atoms with Gasteiger partial charge >= 0.3 is 0 Å². The minimum absolute atomic E-state index is 0.0885. The molecule has 0 aliphatic heterocycles. The standard InChI is InChI=1S/C21H17Br2N3O4S2/c1-29-16-10-12(5-6-15(16)25-20(28)17-4-3-7-32-17)24-21(31)26-19(27)13-8-11(22)9-14(23)18(13)30-2/h3-10H,1-2H3,(H,25,28)(H2,24,26,27,31). The van der Waals surface area contributed by atoms with Gasteiger partial charge in [0.2, 0.25) is 0 Å². The number of hydrogen-bond donors (Lipinski definition) is 3. The van der Waals surface area contributed by atoms with E-state index in [1.165, 1.54) is 25.6 Å². The van der Waals surface area contributed by atoms with Crippen molar-refractivity contribution in [3.8, 4) is 11.5 Å². The maximum absolute atomic E-state index is 12.7. The molecule has 1 heterocycles. The zero-order valence-corrected chi connectivity index (χ0v) is 21.6. The van der Waals surface area contributed by atoms with Crippen molar-refractivity contribution in [1.82, 2.24) is 5.32 Å². The minimum atomic E-state index is -0.437. The molecule has 0 unspecified atom stereocenters. The monoisotopic (exact) mass is 597 g/mol. The molecule has 0 saturated carbocycles. The molecule has 3 N–H and O–H groups in total. The molecule has 166 valence electrons. The first-order valence-electron chi connectivity index (χ1n) is 9.00. The van der Waals surface area contributed by atoms with Crippen LogP contribution in [0, 0.1) is 0 Å². The van der Waals surface area contributed by atoms with E-state index in [0.29, 0.717) is 42.3 Å². The van der Waals surface area contributed by atoms with Crippen LogP contribution in [0.3, 0.4) is 0 Å². The first-order chi connectivity index (χ1) is 15.3. The summed E-state index contributed by atoms with van der Waals surface area (Å²) in [5.41, 5.74) is 1.39. The molecular formula is C21H17Br2N3O4S2. The highest BCUT2D eigenvalue weighted by molar-refractivity contribution is 9.11. The Kier molecular flexibility index (Phi) is 8.24. The Morgan fingerprint density at radius 1 is 1.00 bits per heavy atom. The molecule has 3 aromatic rings. The number of rotatable bonds is 6. The van der Waals surface area contributed by atoms with Crippen LogP contribution in [0.4, 0.5) is 11.4 Å². The molecule has 0 aliphatic rings. The molecule has 11 heteroatoms. The second-order valence-electron chi connectivity index (χ2n) is 6.22. The molecule has 1 aromatic heterocycles. The van der Waals surface area contributed by atoms with Crippen LogP contribution in [0.15, 0.2) is 56.8 Å². The Labute approximate surface area is 210 Å². The summed E-state index contributed by atoms with van der Waals surface area (Å²) in [5, 5.41) is 10.3. The van der Waals surface area contributed by atoms with Crippen molar-refractivity contribution in [3.63, 3.8) is 0 Å². The zero-order chi connectivity index (χ0) is 23.3. The van der Waals surface area contributed by atoms with E-state index < -0.39 is 5.91 Å². The molecule has 0 saturated heterocycles. The molecule has 0 aliphatic carbocycles. The summed E-state index contributed by atoms with van der Waals surface area (Å²) in [6, 6.07) is 12.0. The number of thiophene rings is 1. The van der Waals surface area contributed by atoms with Gasteiger partial charge in [-0.05, 0) is 63.9 Å². The third-order valence-electron chi connectivity index (χ3n) is 4.14. The molecule has 2 aromatic carbocycles. The summed E-state index contributed by atoms with van der Waals surface area (Å²) in [5.74, 6) is 0.164. The van der Waals surface area contributed by atoms with Gasteiger partial charge in [-0.1, -0.05) is 22.0 Å². The van der Waals surface area contributed by atoms with Crippen molar-refractivity contribution in [3.05, 3.63) is 67.2 Å². The van der Waals surface area contributed by atoms with Crippen LogP contribution in [0.2, 0.25) is 0 Å². The van der Waals surface area contributed by atoms with Gasteiger partial charge in [-0.15, -0.1) is 11.3 Å². The van der Waals surface area contributed by atoms with Crippen LogP contribution in [0.25, 0.3) is 0 Å². The van der Waals surface area contributed by atoms with Gasteiger partial charge in [-0.25, -0.2) is 0 Å². The second kappa shape index (κ2) is 10.9. The average Bonchev–Trinajstić information content (AvgIpc) is 3.29. The third-order valence-corrected chi connectivity index (χ3v) is 6.26. The smallest absolute Gasteiger partial charge is 0.265 e. The van der Waals surface area contributed by atoms with E-state index in [0.717, 1.165) is 0 Å². The van der Waals surface area contributed by atoms with E-state index in [4.69, 9.17) is 21.7 Å². The third kappa shape index (κ3) is 5.85. The Balaban J connectivity index is 1.70. The molecule has 3 rings (SSSR count). The van der Waals surface area contributed by atoms with Crippen LogP contribution in [-0.4, -0.2) is 31.1 Å². The van der Waals surface area contributed by atoms with Crippen molar-refractivity contribution in [2.24, 2.45) is 0 Å². The van der Waals surface area contributed by atoms with Crippen molar-refractivity contribution < 1.29 is 19.1 Å². The van der Waals surface area contributed by atoms with Gasteiger partial charge in [0.1, 0.15) is 11.5 Å². The SMILES string of the molecule is COc1cc(NC(=S)NC(=O)c2cc(Br)cc(Br)c2OC)ccc1NC(=O)c1cccs1. The zero-order valence-electron chi connectivity index (χ0n) is 16.8. The first kappa shape index (κ1) is 24.2. The topological polar surface area (TPSA) is 88.7 Å². The predicted molar refractivity (Wildman–Crippen MR) is 137 cm³/mol. The Morgan fingerprint density at radius 3 is 2.44 bits per heavy atom. The Morgan fingerprint density at radius 2 is 1.78 bits per heavy atom. The number of benzene rings is 2. The van der Waals surface area contributed by atoms with Crippen LogP contribution in [0.5, 0.6) is 11.5 Å². The lowest BCUT2D eigenvalue weighted by molar-refractivity contribution is 0.0973. The predicted octanol–water partition coefficient (Wildman–Crippen LogP) is 5.67. The van der Waals surface area contributed by atoms with Gasteiger partial charge < -0.3 is 20.1 Å². The first-order valence-corrected chi connectivity index (χ1v) is 11.9. The van der Waals surface area contributed by atoms with Crippen LogP contribution in [0.1, 0.15) is 20.0 Å². The van der Waals surface area contributed by atoms with Crippen LogP contribution in [-0.2, 0) is 0 Å². The van der Waals surface area contributed by atoms with Crippen molar-refractivity contribution in [2.45, 2.75) is 0 Å². The van der Waals surface area contributed by atoms with E-state index in [1.54, 1.807) is 36.4 Å². The van der Waals surface area contributed by atoms with Crippen molar-refractivity contribution in [1.29, 1.82) is 0 Å². The Bertz CT molecular complexity index is 1170. The van der Waals surface area contributed by atoms with Gasteiger partial charge in [0, 0.05) is 16.2 Å². The summed E-state index contributed by atoms with van der Waals surface area (Å²) in [4.78, 5) is 25.6. The summed E-state index contributed by atoms with van der Waals surface area (Å²) >= 11 is 13.4. The largest absolute Gasteiger partial charge is 0.495 e. The van der Waals surface area contributed by atoms with Gasteiger partial charge in [0.25, 0.3) is 11.8 Å². The van der Waals surface area contributed by atoms with Gasteiger partial charge in [0.05, 0.1) is 34.8 Å². The fourth-order valence-corrected chi connectivity index (χ4v) is 4.95.